The van der Waals surface area contributed by atoms with Crippen molar-refractivity contribution in [3.63, 3.8) is 0 Å². The Balaban J connectivity index is 2.17. The molecule has 1 fully saturated rings. The maximum absolute atomic E-state index is 12.2. The highest BCUT2D eigenvalue weighted by Crippen LogP contribution is 2.30. The molecule has 0 aromatic carbocycles. The minimum absolute atomic E-state index is 0.228. The monoisotopic (exact) mass is 255 g/mol. The molecule has 1 aliphatic heterocycles. The Labute approximate surface area is 102 Å². The van der Waals surface area contributed by atoms with Gasteiger partial charge in [-0.25, -0.2) is 8.42 Å². The summed E-state index contributed by atoms with van der Waals surface area (Å²) in [7, 11) is -3.42. The van der Waals surface area contributed by atoms with Crippen LogP contribution in [0, 0.1) is 5.92 Å². The van der Waals surface area contributed by atoms with E-state index in [1.807, 2.05) is 13.8 Å². The molecule has 2 N–H and O–H groups in total. The molecule has 2 rings (SSSR count). The minimum atomic E-state index is -3.42. The van der Waals surface area contributed by atoms with Crippen molar-refractivity contribution in [2.45, 2.75) is 24.3 Å². The average Bonchev–Trinajstić information content (AvgIpc) is 2.25. The van der Waals surface area contributed by atoms with Crippen molar-refractivity contribution in [1.82, 2.24) is 9.29 Å². The van der Waals surface area contributed by atoms with E-state index in [0.717, 1.165) is 0 Å². The molecular weight excluding hydrogens is 238 g/mol. The van der Waals surface area contributed by atoms with Gasteiger partial charge >= 0.3 is 0 Å². The van der Waals surface area contributed by atoms with Gasteiger partial charge in [0.2, 0.25) is 10.0 Å². The fourth-order valence-electron chi connectivity index (χ4n) is 1.79. The molecule has 1 aliphatic rings. The van der Waals surface area contributed by atoms with Crippen molar-refractivity contribution in [3.8, 4) is 0 Å². The van der Waals surface area contributed by atoms with Gasteiger partial charge in [0.05, 0.1) is 0 Å². The first-order valence-corrected chi connectivity index (χ1v) is 6.99. The molecule has 0 atom stereocenters. The van der Waals surface area contributed by atoms with Crippen LogP contribution in [0.2, 0.25) is 0 Å². The fourth-order valence-corrected chi connectivity index (χ4v) is 3.36. The molecule has 1 aromatic heterocycles. The second-order valence-corrected chi connectivity index (χ2v) is 6.79. The zero-order chi connectivity index (χ0) is 12.7. The highest BCUT2D eigenvalue weighted by molar-refractivity contribution is 7.89. The van der Waals surface area contributed by atoms with Crippen LogP contribution >= 0.6 is 0 Å². The summed E-state index contributed by atoms with van der Waals surface area (Å²) < 4.78 is 25.7. The summed E-state index contributed by atoms with van der Waals surface area (Å²) in [4.78, 5) is 4.05. The zero-order valence-corrected chi connectivity index (χ0v) is 10.8. The SMILES string of the molecule is CC(C)C1(N)CN(S(=O)(=O)c2cccnc2)C1. The summed E-state index contributed by atoms with van der Waals surface area (Å²) in [5.41, 5.74) is 5.70. The van der Waals surface area contributed by atoms with Gasteiger partial charge in [-0.2, -0.15) is 4.31 Å². The molecule has 5 nitrogen and oxygen atoms in total. The molecule has 1 aromatic rings. The van der Waals surface area contributed by atoms with Crippen LogP contribution in [0.4, 0.5) is 0 Å². The molecule has 17 heavy (non-hydrogen) atoms. The molecule has 1 saturated heterocycles. The van der Waals surface area contributed by atoms with Crippen LogP contribution in [-0.4, -0.2) is 36.3 Å². The lowest BCUT2D eigenvalue weighted by Gasteiger charge is -2.49. The van der Waals surface area contributed by atoms with E-state index in [2.05, 4.69) is 4.98 Å². The predicted molar refractivity (Wildman–Crippen MR) is 64.8 cm³/mol. The maximum atomic E-state index is 12.2. The molecule has 0 radical (unpaired) electrons. The molecule has 0 aliphatic carbocycles. The quantitative estimate of drug-likeness (QED) is 0.850. The van der Waals surface area contributed by atoms with Gasteiger partial charge in [-0.05, 0) is 18.1 Å². The number of nitrogens with zero attached hydrogens (tertiary/aromatic N) is 2. The first-order valence-electron chi connectivity index (χ1n) is 5.55. The van der Waals surface area contributed by atoms with Crippen molar-refractivity contribution in [3.05, 3.63) is 24.5 Å². The van der Waals surface area contributed by atoms with Gasteiger partial charge in [0.15, 0.2) is 0 Å². The predicted octanol–water partition coefficient (Wildman–Crippen LogP) is 0.439. The first-order chi connectivity index (χ1) is 7.86. The van der Waals surface area contributed by atoms with Crippen molar-refractivity contribution in [2.75, 3.05) is 13.1 Å². The van der Waals surface area contributed by atoms with Crippen molar-refractivity contribution in [1.29, 1.82) is 0 Å². The summed E-state index contributed by atoms with van der Waals surface area (Å²) in [6, 6.07) is 3.17. The van der Waals surface area contributed by atoms with Crippen molar-refractivity contribution < 1.29 is 8.42 Å². The number of hydrogen-bond acceptors (Lipinski definition) is 4. The second kappa shape index (κ2) is 4.04. The summed E-state index contributed by atoms with van der Waals surface area (Å²) in [6.07, 6.45) is 2.91. The van der Waals surface area contributed by atoms with E-state index in [1.165, 1.54) is 10.5 Å². The van der Waals surface area contributed by atoms with E-state index in [4.69, 9.17) is 5.73 Å². The van der Waals surface area contributed by atoms with Gasteiger partial charge in [0, 0.05) is 31.0 Å². The van der Waals surface area contributed by atoms with Crippen LogP contribution < -0.4 is 5.73 Å². The van der Waals surface area contributed by atoms with E-state index in [0.29, 0.717) is 13.1 Å². The summed E-state index contributed by atoms with van der Waals surface area (Å²) in [6.45, 7) is 4.77. The molecule has 0 saturated carbocycles. The number of hydrogen-bond donors (Lipinski definition) is 1. The lowest BCUT2D eigenvalue weighted by atomic mass is 9.82. The van der Waals surface area contributed by atoms with Gasteiger partial charge in [-0.15, -0.1) is 0 Å². The highest BCUT2D eigenvalue weighted by atomic mass is 32.2. The molecule has 0 bridgehead atoms. The normalized spacial score (nSPS) is 20.2. The van der Waals surface area contributed by atoms with E-state index >= 15 is 0 Å². The smallest absolute Gasteiger partial charge is 0.244 e. The molecule has 0 unspecified atom stereocenters. The highest BCUT2D eigenvalue weighted by Gasteiger charge is 2.47. The second-order valence-electron chi connectivity index (χ2n) is 4.85. The van der Waals surface area contributed by atoms with Gasteiger partial charge in [-0.3, -0.25) is 4.98 Å². The lowest BCUT2D eigenvalue weighted by molar-refractivity contribution is 0.110. The Morgan fingerprint density at radius 3 is 2.59 bits per heavy atom. The molecule has 0 amide bonds. The molecule has 6 heteroatoms. The van der Waals surface area contributed by atoms with Gasteiger partial charge in [0.1, 0.15) is 4.90 Å². The number of rotatable bonds is 3. The van der Waals surface area contributed by atoms with E-state index < -0.39 is 15.6 Å². The molecular formula is C11H17N3O2S. The molecule has 94 valence electrons. The first kappa shape index (κ1) is 12.5. The number of sulfonamides is 1. The van der Waals surface area contributed by atoms with E-state index in [-0.39, 0.29) is 10.8 Å². The Bertz CT molecular complexity index is 493. The van der Waals surface area contributed by atoms with Crippen LogP contribution in [0.1, 0.15) is 13.8 Å². The molecule has 2 heterocycles. The van der Waals surface area contributed by atoms with Crippen molar-refractivity contribution >= 4 is 10.0 Å². The Morgan fingerprint density at radius 1 is 1.47 bits per heavy atom. The van der Waals surface area contributed by atoms with Crippen LogP contribution in [0.25, 0.3) is 0 Å². The van der Waals surface area contributed by atoms with Crippen LogP contribution in [0.3, 0.4) is 0 Å². The topological polar surface area (TPSA) is 76.3 Å². The lowest BCUT2D eigenvalue weighted by Crippen LogP contribution is -2.70. The average molecular weight is 255 g/mol. The number of nitrogens with two attached hydrogens (primary N) is 1. The maximum Gasteiger partial charge on any atom is 0.244 e. The Hall–Kier alpha value is -0.980. The van der Waals surface area contributed by atoms with Gasteiger partial charge in [0.25, 0.3) is 0 Å². The molecule has 0 spiro atoms. The summed E-state index contributed by atoms with van der Waals surface area (Å²) in [5, 5.41) is 0. The summed E-state index contributed by atoms with van der Waals surface area (Å²) >= 11 is 0. The minimum Gasteiger partial charge on any atom is -0.323 e. The fraction of sp³-hybridized carbons (Fsp3) is 0.545. The van der Waals surface area contributed by atoms with Crippen molar-refractivity contribution in [2.24, 2.45) is 11.7 Å². The van der Waals surface area contributed by atoms with Gasteiger partial charge in [-0.1, -0.05) is 13.8 Å². The standard InChI is InChI=1S/C11H17N3O2S/c1-9(2)11(12)7-14(8-11)17(15,16)10-4-3-5-13-6-10/h3-6,9H,7-8,12H2,1-2H3. The van der Waals surface area contributed by atoms with Crippen LogP contribution in [-0.2, 0) is 10.0 Å². The Morgan fingerprint density at radius 2 is 2.12 bits per heavy atom. The third-order valence-corrected chi connectivity index (χ3v) is 5.14. The summed E-state index contributed by atoms with van der Waals surface area (Å²) in [5.74, 6) is 0.267. The third kappa shape index (κ3) is 2.08. The largest absolute Gasteiger partial charge is 0.323 e. The van der Waals surface area contributed by atoms with E-state index in [1.54, 1.807) is 18.3 Å². The zero-order valence-electron chi connectivity index (χ0n) is 10.00. The van der Waals surface area contributed by atoms with E-state index in [9.17, 15) is 8.42 Å². The third-order valence-electron chi connectivity index (χ3n) is 3.36. The number of pyridine rings is 1. The van der Waals surface area contributed by atoms with Crippen LogP contribution in [0.15, 0.2) is 29.4 Å². The Kier molecular flexibility index (Phi) is 2.97. The van der Waals surface area contributed by atoms with Gasteiger partial charge < -0.3 is 5.73 Å². The number of aromatic nitrogens is 1. The van der Waals surface area contributed by atoms with Crippen LogP contribution in [0.5, 0.6) is 0 Å².